The SMILES string of the molecule is CNC(=O)COc1ccc(S(=O)(=O)Nc2ccc(C)cc2C)cc1. The quantitative estimate of drug-likeness (QED) is 0.838. The molecule has 0 aliphatic carbocycles. The predicted molar refractivity (Wildman–Crippen MR) is 92.7 cm³/mol. The van der Waals surface area contributed by atoms with Gasteiger partial charge in [-0.3, -0.25) is 9.52 Å². The molecular formula is C17H20N2O4S. The van der Waals surface area contributed by atoms with E-state index in [1.807, 2.05) is 26.0 Å². The van der Waals surface area contributed by atoms with Gasteiger partial charge in [-0.05, 0) is 49.7 Å². The Kier molecular flexibility index (Phi) is 5.46. The van der Waals surface area contributed by atoms with Crippen LogP contribution in [0.5, 0.6) is 5.75 Å². The summed E-state index contributed by atoms with van der Waals surface area (Å²) in [6.07, 6.45) is 0. The van der Waals surface area contributed by atoms with E-state index >= 15 is 0 Å². The van der Waals surface area contributed by atoms with E-state index in [1.54, 1.807) is 6.07 Å². The highest BCUT2D eigenvalue weighted by molar-refractivity contribution is 7.92. The van der Waals surface area contributed by atoms with Crippen LogP contribution in [0, 0.1) is 13.8 Å². The minimum absolute atomic E-state index is 0.120. The molecule has 2 N–H and O–H groups in total. The van der Waals surface area contributed by atoms with E-state index in [2.05, 4.69) is 10.0 Å². The lowest BCUT2D eigenvalue weighted by Gasteiger charge is -2.12. The molecule has 6 nitrogen and oxygen atoms in total. The van der Waals surface area contributed by atoms with Crippen molar-refractivity contribution in [2.75, 3.05) is 18.4 Å². The van der Waals surface area contributed by atoms with Gasteiger partial charge < -0.3 is 10.1 Å². The number of nitrogens with one attached hydrogen (secondary N) is 2. The first kappa shape index (κ1) is 17.8. The topological polar surface area (TPSA) is 84.5 Å². The normalized spacial score (nSPS) is 11.0. The van der Waals surface area contributed by atoms with E-state index in [4.69, 9.17) is 4.74 Å². The van der Waals surface area contributed by atoms with Crippen LogP contribution in [0.2, 0.25) is 0 Å². The fourth-order valence-electron chi connectivity index (χ4n) is 2.07. The third-order valence-corrected chi connectivity index (χ3v) is 4.79. The number of ether oxygens (including phenoxy) is 1. The highest BCUT2D eigenvalue weighted by atomic mass is 32.2. The van der Waals surface area contributed by atoms with Gasteiger partial charge in [0.1, 0.15) is 5.75 Å². The molecule has 0 heterocycles. The zero-order chi connectivity index (χ0) is 17.7. The molecule has 0 saturated heterocycles. The number of sulfonamides is 1. The van der Waals surface area contributed by atoms with Crippen LogP contribution in [0.15, 0.2) is 47.4 Å². The van der Waals surface area contributed by atoms with Crippen molar-refractivity contribution < 1.29 is 17.9 Å². The predicted octanol–water partition coefficient (Wildman–Crippen LogP) is 2.23. The van der Waals surface area contributed by atoms with Gasteiger partial charge in [0.05, 0.1) is 10.6 Å². The molecule has 1 amide bonds. The van der Waals surface area contributed by atoms with E-state index < -0.39 is 10.0 Å². The molecule has 2 aromatic rings. The first-order valence-corrected chi connectivity index (χ1v) is 8.83. The van der Waals surface area contributed by atoms with E-state index in [9.17, 15) is 13.2 Å². The van der Waals surface area contributed by atoms with Gasteiger partial charge in [-0.15, -0.1) is 0 Å². The van der Waals surface area contributed by atoms with Crippen molar-refractivity contribution in [1.82, 2.24) is 5.32 Å². The third-order valence-electron chi connectivity index (χ3n) is 3.41. The second-order valence-electron chi connectivity index (χ2n) is 5.36. The Bertz CT molecular complexity index is 830. The molecule has 7 heteroatoms. The average molecular weight is 348 g/mol. The van der Waals surface area contributed by atoms with Gasteiger partial charge in [-0.25, -0.2) is 8.42 Å². The number of aryl methyl sites for hydroxylation is 2. The summed E-state index contributed by atoms with van der Waals surface area (Å²) in [5.41, 5.74) is 2.46. The van der Waals surface area contributed by atoms with Gasteiger partial charge in [0.25, 0.3) is 15.9 Å². The van der Waals surface area contributed by atoms with Crippen molar-refractivity contribution in [2.45, 2.75) is 18.7 Å². The molecule has 2 rings (SSSR count). The molecule has 0 unspecified atom stereocenters. The number of rotatable bonds is 6. The van der Waals surface area contributed by atoms with Crippen LogP contribution in [0.1, 0.15) is 11.1 Å². The molecule has 128 valence electrons. The summed E-state index contributed by atoms with van der Waals surface area (Å²) in [5.74, 6) is 0.160. The average Bonchev–Trinajstić information content (AvgIpc) is 2.55. The Morgan fingerprint density at radius 3 is 2.33 bits per heavy atom. The Morgan fingerprint density at radius 1 is 1.08 bits per heavy atom. The number of likely N-dealkylation sites (N-methyl/N-ethyl adjacent to an activating group) is 1. The fourth-order valence-corrected chi connectivity index (χ4v) is 3.20. The van der Waals surface area contributed by atoms with Crippen molar-refractivity contribution >= 4 is 21.6 Å². The summed E-state index contributed by atoms with van der Waals surface area (Å²) in [6.45, 7) is 3.67. The van der Waals surface area contributed by atoms with Crippen LogP contribution in [-0.2, 0) is 14.8 Å². The summed E-state index contributed by atoms with van der Waals surface area (Å²) < 4.78 is 32.7. The van der Waals surface area contributed by atoms with Crippen LogP contribution in [0.4, 0.5) is 5.69 Å². The zero-order valence-electron chi connectivity index (χ0n) is 13.8. The van der Waals surface area contributed by atoms with Crippen molar-refractivity contribution in [1.29, 1.82) is 0 Å². The maximum absolute atomic E-state index is 12.4. The molecule has 0 fully saturated rings. The lowest BCUT2D eigenvalue weighted by Crippen LogP contribution is -2.24. The molecule has 0 aliphatic rings. The number of hydrogen-bond acceptors (Lipinski definition) is 4. The highest BCUT2D eigenvalue weighted by Gasteiger charge is 2.15. The number of carbonyl (C=O) groups is 1. The molecular weight excluding hydrogens is 328 g/mol. The summed E-state index contributed by atoms with van der Waals surface area (Å²) in [6, 6.07) is 11.4. The monoisotopic (exact) mass is 348 g/mol. The highest BCUT2D eigenvalue weighted by Crippen LogP contribution is 2.22. The van der Waals surface area contributed by atoms with Crippen LogP contribution in [0.25, 0.3) is 0 Å². The molecule has 0 spiro atoms. The van der Waals surface area contributed by atoms with Crippen LogP contribution in [0.3, 0.4) is 0 Å². The van der Waals surface area contributed by atoms with E-state index in [0.717, 1.165) is 11.1 Å². The first-order valence-electron chi connectivity index (χ1n) is 7.35. The number of anilines is 1. The third kappa shape index (κ3) is 4.48. The molecule has 2 aromatic carbocycles. The number of amides is 1. The molecule has 0 aliphatic heterocycles. The summed E-state index contributed by atoms with van der Waals surface area (Å²) >= 11 is 0. The fraction of sp³-hybridized carbons (Fsp3) is 0.235. The second-order valence-corrected chi connectivity index (χ2v) is 7.04. The molecule has 0 saturated carbocycles. The van der Waals surface area contributed by atoms with Gasteiger partial charge in [0.15, 0.2) is 6.61 Å². The second kappa shape index (κ2) is 7.35. The van der Waals surface area contributed by atoms with Gasteiger partial charge in [0.2, 0.25) is 0 Å². The molecule has 0 radical (unpaired) electrons. The smallest absolute Gasteiger partial charge is 0.261 e. The lowest BCUT2D eigenvalue weighted by atomic mass is 10.1. The first-order chi connectivity index (χ1) is 11.3. The van der Waals surface area contributed by atoms with Crippen LogP contribution in [-0.4, -0.2) is 28.0 Å². The Labute approximate surface area is 141 Å². The molecule has 0 aromatic heterocycles. The maximum Gasteiger partial charge on any atom is 0.261 e. The van der Waals surface area contributed by atoms with Gasteiger partial charge in [0, 0.05) is 7.05 Å². The number of benzene rings is 2. The van der Waals surface area contributed by atoms with Crippen molar-refractivity contribution in [3.8, 4) is 5.75 Å². The minimum atomic E-state index is -3.69. The molecule has 24 heavy (non-hydrogen) atoms. The largest absolute Gasteiger partial charge is 0.484 e. The van der Waals surface area contributed by atoms with Crippen molar-refractivity contribution in [3.63, 3.8) is 0 Å². The lowest BCUT2D eigenvalue weighted by molar-refractivity contribution is -0.122. The molecule has 0 atom stereocenters. The zero-order valence-corrected chi connectivity index (χ0v) is 14.6. The minimum Gasteiger partial charge on any atom is -0.484 e. The maximum atomic E-state index is 12.4. The Morgan fingerprint density at radius 2 is 1.75 bits per heavy atom. The standard InChI is InChI=1S/C17H20N2O4S/c1-12-4-9-16(13(2)10-12)19-24(21,22)15-7-5-14(6-8-15)23-11-17(20)18-3/h4-10,19H,11H2,1-3H3,(H,18,20). The van der Waals surface area contributed by atoms with Crippen molar-refractivity contribution in [2.24, 2.45) is 0 Å². The van der Waals surface area contributed by atoms with Gasteiger partial charge >= 0.3 is 0 Å². The van der Waals surface area contributed by atoms with Crippen LogP contribution < -0.4 is 14.8 Å². The summed E-state index contributed by atoms with van der Waals surface area (Å²) in [4.78, 5) is 11.2. The van der Waals surface area contributed by atoms with Gasteiger partial charge in [-0.2, -0.15) is 0 Å². The van der Waals surface area contributed by atoms with E-state index in [1.165, 1.54) is 31.3 Å². The molecule has 0 bridgehead atoms. The van der Waals surface area contributed by atoms with Gasteiger partial charge in [-0.1, -0.05) is 17.7 Å². The van der Waals surface area contributed by atoms with Crippen molar-refractivity contribution in [3.05, 3.63) is 53.6 Å². The van der Waals surface area contributed by atoms with E-state index in [-0.39, 0.29) is 17.4 Å². The van der Waals surface area contributed by atoms with E-state index in [0.29, 0.717) is 11.4 Å². The Hall–Kier alpha value is -2.54. The Balaban J connectivity index is 2.13. The van der Waals surface area contributed by atoms with Crippen LogP contribution >= 0.6 is 0 Å². The number of hydrogen-bond donors (Lipinski definition) is 2. The summed E-state index contributed by atoms with van der Waals surface area (Å²) in [5, 5.41) is 2.44. The number of carbonyl (C=O) groups excluding carboxylic acids is 1. The summed E-state index contributed by atoms with van der Waals surface area (Å²) in [7, 11) is -2.17.